The SMILES string of the molecule is CCOC(=O)CCCNCC(=O)N1CCC1. The van der Waals surface area contributed by atoms with Gasteiger partial charge in [0.15, 0.2) is 0 Å². The largest absolute Gasteiger partial charge is 0.466 e. The van der Waals surface area contributed by atoms with Crippen molar-refractivity contribution in [3.63, 3.8) is 0 Å². The molecule has 0 radical (unpaired) electrons. The maximum atomic E-state index is 11.4. The van der Waals surface area contributed by atoms with Crippen molar-refractivity contribution in [2.75, 3.05) is 32.8 Å². The Morgan fingerprint density at radius 3 is 2.69 bits per heavy atom. The molecule has 1 heterocycles. The predicted molar refractivity (Wildman–Crippen MR) is 59.9 cm³/mol. The van der Waals surface area contributed by atoms with Gasteiger partial charge < -0.3 is 15.0 Å². The van der Waals surface area contributed by atoms with Crippen molar-refractivity contribution in [3.05, 3.63) is 0 Å². The number of nitrogens with zero attached hydrogens (tertiary/aromatic N) is 1. The minimum Gasteiger partial charge on any atom is -0.466 e. The lowest BCUT2D eigenvalue weighted by atomic mass is 10.2. The smallest absolute Gasteiger partial charge is 0.305 e. The lowest BCUT2D eigenvalue weighted by molar-refractivity contribution is -0.143. The lowest BCUT2D eigenvalue weighted by Crippen LogP contribution is -2.46. The summed E-state index contributed by atoms with van der Waals surface area (Å²) in [6.45, 7) is 5.06. The van der Waals surface area contributed by atoms with Crippen molar-refractivity contribution in [2.45, 2.75) is 26.2 Å². The zero-order valence-electron chi connectivity index (χ0n) is 9.83. The number of carbonyl (C=O) groups excluding carboxylic acids is 2. The summed E-state index contributed by atoms with van der Waals surface area (Å²) in [7, 11) is 0. The van der Waals surface area contributed by atoms with Crippen LogP contribution in [0.1, 0.15) is 26.2 Å². The van der Waals surface area contributed by atoms with Crippen LogP contribution in [0.4, 0.5) is 0 Å². The molecule has 0 atom stereocenters. The molecule has 5 nitrogen and oxygen atoms in total. The summed E-state index contributed by atoms with van der Waals surface area (Å²) < 4.78 is 4.79. The zero-order valence-corrected chi connectivity index (χ0v) is 9.83. The first-order valence-corrected chi connectivity index (χ1v) is 5.88. The molecule has 0 aromatic carbocycles. The molecule has 0 aromatic rings. The van der Waals surface area contributed by atoms with E-state index < -0.39 is 0 Å². The number of rotatable bonds is 7. The molecule has 92 valence electrons. The average molecular weight is 228 g/mol. The van der Waals surface area contributed by atoms with Gasteiger partial charge in [0.05, 0.1) is 13.2 Å². The minimum atomic E-state index is -0.168. The highest BCUT2D eigenvalue weighted by Crippen LogP contribution is 2.04. The van der Waals surface area contributed by atoms with Crippen molar-refractivity contribution < 1.29 is 14.3 Å². The van der Waals surface area contributed by atoms with Gasteiger partial charge in [-0.2, -0.15) is 0 Å². The second-order valence-electron chi connectivity index (χ2n) is 3.82. The van der Waals surface area contributed by atoms with Gasteiger partial charge >= 0.3 is 5.97 Å². The van der Waals surface area contributed by atoms with Gasteiger partial charge in [-0.05, 0) is 26.3 Å². The number of carbonyl (C=O) groups is 2. The predicted octanol–water partition coefficient (Wildman–Crippen LogP) is 0.152. The third-order valence-electron chi connectivity index (χ3n) is 2.52. The molecule has 1 aliphatic rings. The van der Waals surface area contributed by atoms with Crippen LogP contribution < -0.4 is 5.32 Å². The number of esters is 1. The molecule has 1 N–H and O–H groups in total. The van der Waals surface area contributed by atoms with Crippen LogP contribution in [0.15, 0.2) is 0 Å². The molecule has 1 rings (SSSR count). The van der Waals surface area contributed by atoms with Crippen LogP contribution in [-0.4, -0.2) is 49.6 Å². The summed E-state index contributed by atoms with van der Waals surface area (Å²) in [4.78, 5) is 24.2. The van der Waals surface area contributed by atoms with E-state index in [0.717, 1.165) is 19.5 Å². The number of nitrogens with one attached hydrogen (secondary N) is 1. The van der Waals surface area contributed by atoms with Gasteiger partial charge in [-0.15, -0.1) is 0 Å². The maximum absolute atomic E-state index is 11.4. The summed E-state index contributed by atoms with van der Waals surface area (Å²) in [5.74, 6) is -0.0132. The molecule has 0 saturated carbocycles. The molecule has 0 unspecified atom stereocenters. The van der Waals surface area contributed by atoms with Crippen LogP contribution in [-0.2, 0) is 14.3 Å². The standard InChI is InChI=1S/C11H20N2O3/c1-2-16-11(15)5-3-6-12-9-10(14)13-7-4-8-13/h12H,2-9H2,1H3. The first kappa shape index (κ1) is 13.0. The number of hydrogen-bond acceptors (Lipinski definition) is 4. The highest BCUT2D eigenvalue weighted by Gasteiger charge is 2.18. The fraction of sp³-hybridized carbons (Fsp3) is 0.818. The highest BCUT2D eigenvalue weighted by atomic mass is 16.5. The molecular weight excluding hydrogens is 208 g/mol. The van der Waals surface area contributed by atoms with Gasteiger partial charge in [0.2, 0.25) is 5.91 Å². The van der Waals surface area contributed by atoms with E-state index >= 15 is 0 Å². The van der Waals surface area contributed by atoms with E-state index in [0.29, 0.717) is 32.5 Å². The Kier molecular flexibility index (Phi) is 5.85. The topological polar surface area (TPSA) is 58.6 Å². The molecule has 1 aliphatic heterocycles. The van der Waals surface area contributed by atoms with E-state index in [1.165, 1.54) is 0 Å². The summed E-state index contributed by atoms with van der Waals surface area (Å²) in [5.41, 5.74) is 0. The fourth-order valence-corrected chi connectivity index (χ4v) is 1.46. The summed E-state index contributed by atoms with van der Waals surface area (Å²) in [6, 6.07) is 0. The van der Waals surface area contributed by atoms with E-state index in [2.05, 4.69) is 5.32 Å². The molecule has 0 aromatic heterocycles. The van der Waals surface area contributed by atoms with Crippen LogP contribution in [0.3, 0.4) is 0 Å². The third kappa shape index (κ3) is 4.61. The molecule has 0 aliphatic carbocycles. The average Bonchev–Trinajstić information content (AvgIpc) is 2.14. The van der Waals surface area contributed by atoms with Crippen LogP contribution in [0.25, 0.3) is 0 Å². The van der Waals surface area contributed by atoms with Crippen LogP contribution in [0.5, 0.6) is 0 Å². The minimum absolute atomic E-state index is 0.155. The first-order valence-electron chi connectivity index (χ1n) is 5.88. The number of amides is 1. The second-order valence-corrected chi connectivity index (χ2v) is 3.82. The van der Waals surface area contributed by atoms with Crippen molar-refractivity contribution >= 4 is 11.9 Å². The van der Waals surface area contributed by atoms with E-state index in [1.54, 1.807) is 6.92 Å². The second kappa shape index (κ2) is 7.22. The molecule has 1 fully saturated rings. The van der Waals surface area contributed by atoms with Gasteiger partial charge in [-0.3, -0.25) is 9.59 Å². The Hall–Kier alpha value is -1.10. The van der Waals surface area contributed by atoms with E-state index in [-0.39, 0.29) is 11.9 Å². The molecule has 0 spiro atoms. The molecule has 1 saturated heterocycles. The molecule has 16 heavy (non-hydrogen) atoms. The van der Waals surface area contributed by atoms with E-state index in [4.69, 9.17) is 4.74 Å². The highest BCUT2D eigenvalue weighted by molar-refractivity contribution is 5.78. The van der Waals surface area contributed by atoms with E-state index in [9.17, 15) is 9.59 Å². The molecule has 5 heteroatoms. The number of ether oxygens (including phenoxy) is 1. The van der Waals surface area contributed by atoms with Gasteiger partial charge in [0.25, 0.3) is 0 Å². The van der Waals surface area contributed by atoms with Crippen molar-refractivity contribution in [3.8, 4) is 0 Å². The first-order chi connectivity index (χ1) is 7.74. The number of hydrogen-bond donors (Lipinski definition) is 1. The fourth-order valence-electron chi connectivity index (χ4n) is 1.46. The van der Waals surface area contributed by atoms with Crippen LogP contribution >= 0.6 is 0 Å². The van der Waals surface area contributed by atoms with Gasteiger partial charge in [-0.1, -0.05) is 0 Å². The van der Waals surface area contributed by atoms with Gasteiger partial charge in [0.1, 0.15) is 0 Å². The molecular formula is C11H20N2O3. The lowest BCUT2D eigenvalue weighted by Gasteiger charge is -2.30. The van der Waals surface area contributed by atoms with Gasteiger partial charge in [-0.25, -0.2) is 0 Å². The number of likely N-dealkylation sites (tertiary alicyclic amines) is 1. The monoisotopic (exact) mass is 228 g/mol. The Labute approximate surface area is 96.1 Å². The maximum Gasteiger partial charge on any atom is 0.305 e. The van der Waals surface area contributed by atoms with Gasteiger partial charge in [0, 0.05) is 19.5 Å². The molecule has 0 bridgehead atoms. The van der Waals surface area contributed by atoms with Crippen molar-refractivity contribution in [1.82, 2.24) is 10.2 Å². The normalized spacial score (nSPS) is 14.4. The Balaban J connectivity index is 1.91. The summed E-state index contributed by atoms with van der Waals surface area (Å²) in [5, 5.41) is 3.03. The van der Waals surface area contributed by atoms with Crippen molar-refractivity contribution in [1.29, 1.82) is 0 Å². The summed E-state index contributed by atoms with van der Waals surface area (Å²) >= 11 is 0. The third-order valence-corrected chi connectivity index (χ3v) is 2.52. The quantitative estimate of drug-likeness (QED) is 0.498. The van der Waals surface area contributed by atoms with E-state index in [1.807, 2.05) is 4.90 Å². The van der Waals surface area contributed by atoms with Crippen LogP contribution in [0, 0.1) is 0 Å². The Morgan fingerprint density at radius 1 is 1.38 bits per heavy atom. The molecule has 1 amide bonds. The Bertz CT molecular complexity index is 239. The van der Waals surface area contributed by atoms with Crippen LogP contribution in [0.2, 0.25) is 0 Å². The summed E-state index contributed by atoms with van der Waals surface area (Å²) in [6.07, 6.45) is 2.25. The Morgan fingerprint density at radius 2 is 2.12 bits per heavy atom. The van der Waals surface area contributed by atoms with Crippen molar-refractivity contribution in [2.24, 2.45) is 0 Å². The zero-order chi connectivity index (χ0) is 11.8.